The molecule has 1 saturated carbocycles. The van der Waals surface area contributed by atoms with Crippen molar-refractivity contribution in [2.75, 3.05) is 38.2 Å². The number of carbonyl (C=O) groups is 1. The highest BCUT2D eigenvalue weighted by Crippen LogP contribution is 2.40. The van der Waals surface area contributed by atoms with E-state index in [0.717, 1.165) is 43.1 Å². The molecule has 0 bridgehead atoms. The Morgan fingerprint density at radius 2 is 1.97 bits per heavy atom. The lowest BCUT2D eigenvalue weighted by molar-refractivity contribution is -0.132. The van der Waals surface area contributed by atoms with Crippen molar-refractivity contribution in [3.63, 3.8) is 0 Å². The highest BCUT2D eigenvalue weighted by Gasteiger charge is 2.30. The maximum Gasteiger partial charge on any atom is 0.264 e. The molecule has 2 aliphatic rings. The number of amides is 1. The van der Waals surface area contributed by atoms with E-state index in [1.54, 1.807) is 7.11 Å². The molecular weight excluding hydrogens is 382 g/mol. The standard InChI is InChI=1S/C22H25N5O3/c1-29-18-5-2-4-17(14-18)25-10-12-26(13-11-25)20(28)15-27-9-3-6-19(27)22-24-23-21(30-22)16-7-8-16/h2-6,9,14,16H,7-8,10-13,15H2,1H3. The van der Waals surface area contributed by atoms with Crippen molar-refractivity contribution in [2.45, 2.75) is 25.3 Å². The van der Waals surface area contributed by atoms with E-state index in [9.17, 15) is 4.79 Å². The second-order valence-corrected chi connectivity index (χ2v) is 7.81. The van der Waals surface area contributed by atoms with Crippen LogP contribution in [0.3, 0.4) is 0 Å². The van der Waals surface area contributed by atoms with Gasteiger partial charge in [0.25, 0.3) is 5.89 Å². The van der Waals surface area contributed by atoms with E-state index in [4.69, 9.17) is 9.15 Å². The monoisotopic (exact) mass is 407 g/mol. The summed E-state index contributed by atoms with van der Waals surface area (Å²) in [6, 6.07) is 11.9. The van der Waals surface area contributed by atoms with E-state index in [-0.39, 0.29) is 12.5 Å². The van der Waals surface area contributed by atoms with Crippen LogP contribution in [0, 0.1) is 0 Å². The predicted octanol–water partition coefficient (Wildman–Crippen LogP) is 2.77. The van der Waals surface area contributed by atoms with E-state index >= 15 is 0 Å². The first-order valence-corrected chi connectivity index (χ1v) is 10.4. The van der Waals surface area contributed by atoms with Crippen LogP contribution in [0.15, 0.2) is 47.0 Å². The lowest BCUT2D eigenvalue weighted by Crippen LogP contribution is -2.49. The minimum atomic E-state index is 0.0969. The second kappa shape index (κ2) is 7.85. The molecule has 2 fully saturated rings. The summed E-state index contributed by atoms with van der Waals surface area (Å²) < 4.78 is 13.0. The van der Waals surface area contributed by atoms with Crippen molar-refractivity contribution in [1.29, 1.82) is 0 Å². The number of methoxy groups -OCH3 is 1. The number of anilines is 1. The molecule has 1 aliphatic carbocycles. The highest BCUT2D eigenvalue weighted by molar-refractivity contribution is 5.77. The Kier molecular flexibility index (Phi) is 4.90. The average molecular weight is 407 g/mol. The first-order valence-electron chi connectivity index (χ1n) is 10.4. The van der Waals surface area contributed by atoms with Crippen LogP contribution < -0.4 is 9.64 Å². The molecule has 1 aromatic carbocycles. The van der Waals surface area contributed by atoms with Gasteiger partial charge in [-0.05, 0) is 37.1 Å². The molecule has 0 atom stereocenters. The van der Waals surface area contributed by atoms with Gasteiger partial charge in [-0.2, -0.15) is 0 Å². The minimum Gasteiger partial charge on any atom is -0.497 e. The number of benzene rings is 1. The topological polar surface area (TPSA) is 76.6 Å². The molecule has 1 saturated heterocycles. The van der Waals surface area contributed by atoms with Crippen LogP contribution in [-0.2, 0) is 11.3 Å². The van der Waals surface area contributed by atoms with Gasteiger partial charge in [0.15, 0.2) is 0 Å². The normalized spacial score (nSPS) is 16.7. The third-order valence-electron chi connectivity index (χ3n) is 5.77. The van der Waals surface area contributed by atoms with Crippen molar-refractivity contribution in [1.82, 2.24) is 19.7 Å². The summed E-state index contributed by atoms with van der Waals surface area (Å²) in [5.74, 6) is 2.55. The Balaban J connectivity index is 1.21. The predicted molar refractivity (Wildman–Crippen MR) is 111 cm³/mol. The molecule has 8 nitrogen and oxygen atoms in total. The highest BCUT2D eigenvalue weighted by atomic mass is 16.5. The Morgan fingerprint density at radius 3 is 2.73 bits per heavy atom. The summed E-state index contributed by atoms with van der Waals surface area (Å²) in [6.45, 7) is 3.25. The van der Waals surface area contributed by atoms with E-state index in [2.05, 4.69) is 21.2 Å². The van der Waals surface area contributed by atoms with Crippen molar-refractivity contribution < 1.29 is 13.9 Å². The van der Waals surface area contributed by atoms with Crippen molar-refractivity contribution >= 4 is 11.6 Å². The third-order valence-corrected chi connectivity index (χ3v) is 5.77. The van der Waals surface area contributed by atoms with Crippen molar-refractivity contribution in [2.24, 2.45) is 0 Å². The number of hydrogen-bond donors (Lipinski definition) is 0. The number of aromatic nitrogens is 3. The van der Waals surface area contributed by atoms with E-state index < -0.39 is 0 Å². The third kappa shape index (κ3) is 3.77. The molecule has 0 unspecified atom stereocenters. The van der Waals surface area contributed by atoms with Crippen LogP contribution in [0.1, 0.15) is 24.7 Å². The molecule has 1 amide bonds. The quantitative estimate of drug-likeness (QED) is 0.625. The number of piperazine rings is 1. The number of rotatable bonds is 6. The molecule has 5 rings (SSSR count). The van der Waals surface area contributed by atoms with Crippen LogP contribution >= 0.6 is 0 Å². The van der Waals surface area contributed by atoms with Gasteiger partial charge in [0, 0.05) is 50.0 Å². The summed E-state index contributed by atoms with van der Waals surface area (Å²) >= 11 is 0. The number of carbonyl (C=O) groups excluding carboxylic acids is 1. The van der Waals surface area contributed by atoms with Gasteiger partial charge >= 0.3 is 0 Å². The fraction of sp³-hybridized carbons (Fsp3) is 0.409. The van der Waals surface area contributed by atoms with E-state index in [0.29, 0.717) is 30.8 Å². The molecule has 0 radical (unpaired) electrons. The van der Waals surface area contributed by atoms with Gasteiger partial charge in [0.1, 0.15) is 18.0 Å². The first kappa shape index (κ1) is 18.7. The van der Waals surface area contributed by atoms with Crippen LogP contribution in [0.4, 0.5) is 5.69 Å². The average Bonchev–Trinajstić information content (AvgIpc) is 3.34. The van der Waals surface area contributed by atoms with Crippen LogP contribution in [0.2, 0.25) is 0 Å². The van der Waals surface area contributed by atoms with Crippen molar-refractivity contribution in [3.05, 3.63) is 48.5 Å². The van der Waals surface area contributed by atoms with Gasteiger partial charge in [-0.3, -0.25) is 4.79 Å². The molecule has 0 spiro atoms. The molecule has 156 valence electrons. The number of nitrogens with zero attached hydrogens (tertiary/aromatic N) is 5. The molecule has 3 heterocycles. The molecule has 2 aromatic heterocycles. The number of hydrogen-bond acceptors (Lipinski definition) is 6. The summed E-state index contributed by atoms with van der Waals surface area (Å²) in [5, 5.41) is 8.33. The van der Waals surface area contributed by atoms with Crippen molar-refractivity contribution in [3.8, 4) is 17.3 Å². The molecular formula is C22H25N5O3. The molecule has 8 heteroatoms. The zero-order valence-electron chi connectivity index (χ0n) is 17.0. The summed E-state index contributed by atoms with van der Waals surface area (Å²) in [7, 11) is 1.67. The SMILES string of the molecule is COc1cccc(N2CCN(C(=O)Cn3cccc3-c3nnc(C4CC4)o3)CC2)c1. The van der Waals surface area contributed by atoms with Gasteiger partial charge in [-0.1, -0.05) is 6.07 Å². The Morgan fingerprint density at radius 1 is 1.13 bits per heavy atom. The zero-order chi connectivity index (χ0) is 20.5. The summed E-state index contributed by atoms with van der Waals surface area (Å²) in [4.78, 5) is 17.1. The van der Waals surface area contributed by atoms with Gasteiger partial charge in [-0.15, -0.1) is 10.2 Å². The fourth-order valence-electron chi connectivity index (χ4n) is 3.85. The van der Waals surface area contributed by atoms with E-state index in [1.807, 2.05) is 46.0 Å². The first-order chi connectivity index (χ1) is 14.7. The van der Waals surface area contributed by atoms with Crippen LogP contribution in [0.25, 0.3) is 11.6 Å². The molecule has 1 aliphatic heterocycles. The zero-order valence-corrected chi connectivity index (χ0v) is 17.0. The maximum atomic E-state index is 12.9. The van der Waals surface area contributed by atoms with Gasteiger partial charge in [0.2, 0.25) is 11.8 Å². The molecule has 3 aromatic rings. The van der Waals surface area contributed by atoms with Gasteiger partial charge in [-0.25, -0.2) is 0 Å². The maximum absolute atomic E-state index is 12.9. The Bertz CT molecular complexity index is 1030. The lowest BCUT2D eigenvalue weighted by atomic mass is 10.2. The van der Waals surface area contributed by atoms with Crippen LogP contribution in [-0.4, -0.2) is 58.9 Å². The summed E-state index contributed by atoms with van der Waals surface area (Å²) in [5.41, 5.74) is 1.91. The largest absolute Gasteiger partial charge is 0.497 e. The van der Waals surface area contributed by atoms with E-state index in [1.165, 1.54) is 0 Å². The number of ether oxygens (including phenoxy) is 1. The Labute approximate surface area is 175 Å². The fourth-order valence-corrected chi connectivity index (χ4v) is 3.85. The van der Waals surface area contributed by atoms with Crippen LogP contribution in [0.5, 0.6) is 5.75 Å². The summed E-state index contributed by atoms with van der Waals surface area (Å²) in [6.07, 6.45) is 4.12. The minimum absolute atomic E-state index is 0.0969. The molecule has 0 N–H and O–H groups in total. The van der Waals surface area contributed by atoms with Gasteiger partial charge in [0.05, 0.1) is 7.11 Å². The molecule has 30 heavy (non-hydrogen) atoms. The second-order valence-electron chi connectivity index (χ2n) is 7.81. The Hall–Kier alpha value is -3.29. The smallest absolute Gasteiger partial charge is 0.264 e. The lowest BCUT2D eigenvalue weighted by Gasteiger charge is -2.36. The van der Waals surface area contributed by atoms with Gasteiger partial charge < -0.3 is 23.5 Å².